The first-order valence-corrected chi connectivity index (χ1v) is 8.70. The van der Waals surface area contributed by atoms with E-state index in [0.29, 0.717) is 10.9 Å². The first-order valence-electron chi connectivity index (χ1n) is 6.90. The molecule has 7 heteroatoms. The minimum absolute atomic E-state index is 0.281. The Morgan fingerprint density at radius 2 is 2.17 bits per heavy atom. The summed E-state index contributed by atoms with van der Waals surface area (Å²) in [6.07, 6.45) is 0. The predicted octanol–water partition coefficient (Wildman–Crippen LogP) is 3.57. The molecule has 0 bridgehead atoms. The van der Waals surface area contributed by atoms with Crippen molar-refractivity contribution in [2.24, 2.45) is 0 Å². The molecule has 0 spiro atoms. The third-order valence-electron chi connectivity index (χ3n) is 3.41. The SMILES string of the molecule is CO[C@@](C)(C(=O)Nc1nc(C)c(SCC#N)s1)c1ccccc1. The number of aryl methyl sites for hydroxylation is 1. The van der Waals surface area contributed by atoms with Crippen LogP contribution >= 0.6 is 23.1 Å². The maximum atomic E-state index is 12.7. The van der Waals surface area contributed by atoms with Crippen molar-refractivity contribution in [1.82, 2.24) is 4.98 Å². The van der Waals surface area contributed by atoms with Gasteiger partial charge in [-0.25, -0.2) is 4.98 Å². The average Bonchev–Trinajstić information content (AvgIpc) is 2.92. The molecule has 0 saturated heterocycles. The number of nitriles is 1. The van der Waals surface area contributed by atoms with Crippen molar-refractivity contribution in [2.45, 2.75) is 23.7 Å². The van der Waals surface area contributed by atoms with Crippen molar-refractivity contribution in [3.05, 3.63) is 41.6 Å². The number of methoxy groups -OCH3 is 1. The van der Waals surface area contributed by atoms with Gasteiger partial charge in [-0.2, -0.15) is 5.26 Å². The lowest BCUT2D eigenvalue weighted by Crippen LogP contribution is -2.39. The molecule has 0 radical (unpaired) electrons. The number of rotatable bonds is 6. The minimum atomic E-state index is -1.10. The summed E-state index contributed by atoms with van der Waals surface area (Å²) < 4.78 is 6.41. The molecule has 1 atom stereocenters. The number of thiazole rings is 1. The van der Waals surface area contributed by atoms with Crippen LogP contribution in [0.15, 0.2) is 34.5 Å². The summed E-state index contributed by atoms with van der Waals surface area (Å²) in [6, 6.07) is 11.4. The molecule has 23 heavy (non-hydrogen) atoms. The zero-order chi connectivity index (χ0) is 16.9. The van der Waals surface area contributed by atoms with Crippen molar-refractivity contribution in [2.75, 3.05) is 18.2 Å². The molecule has 1 N–H and O–H groups in total. The summed E-state index contributed by atoms with van der Waals surface area (Å²) in [5, 5.41) is 12.0. The molecule has 0 aliphatic heterocycles. The van der Waals surface area contributed by atoms with Crippen molar-refractivity contribution >= 4 is 34.1 Å². The molecule has 120 valence electrons. The Labute approximate surface area is 143 Å². The summed E-state index contributed by atoms with van der Waals surface area (Å²) in [4.78, 5) is 17.0. The molecule has 1 heterocycles. The Hall–Kier alpha value is -1.88. The van der Waals surface area contributed by atoms with Gasteiger partial charge in [0, 0.05) is 7.11 Å². The fourth-order valence-corrected chi connectivity index (χ4v) is 3.78. The Morgan fingerprint density at radius 1 is 1.48 bits per heavy atom. The zero-order valence-electron chi connectivity index (χ0n) is 13.1. The fraction of sp³-hybridized carbons (Fsp3) is 0.312. The molecule has 0 fully saturated rings. The summed E-state index contributed by atoms with van der Waals surface area (Å²) >= 11 is 2.78. The molecule has 0 unspecified atom stereocenters. The Morgan fingerprint density at radius 3 is 2.78 bits per heavy atom. The van der Waals surface area contributed by atoms with Gasteiger partial charge in [-0.15, -0.1) is 0 Å². The maximum Gasteiger partial charge on any atom is 0.262 e. The molecule has 1 amide bonds. The van der Waals surface area contributed by atoms with E-state index in [-0.39, 0.29) is 5.91 Å². The van der Waals surface area contributed by atoms with Crippen molar-refractivity contribution in [1.29, 1.82) is 5.26 Å². The van der Waals surface area contributed by atoms with Crippen LogP contribution in [-0.2, 0) is 15.1 Å². The second-order valence-corrected chi connectivity index (χ2v) is 7.14. The van der Waals surface area contributed by atoms with E-state index in [1.807, 2.05) is 37.3 Å². The number of thioether (sulfide) groups is 1. The second kappa shape index (κ2) is 7.59. The van der Waals surface area contributed by atoms with Crippen LogP contribution in [0.4, 0.5) is 5.13 Å². The molecular formula is C16H17N3O2S2. The summed E-state index contributed by atoms with van der Waals surface area (Å²) in [5.41, 5.74) is 0.484. The summed E-state index contributed by atoms with van der Waals surface area (Å²) in [5.74, 6) is 0.0766. The number of hydrogen-bond donors (Lipinski definition) is 1. The lowest BCUT2D eigenvalue weighted by atomic mass is 9.95. The van der Waals surface area contributed by atoms with Crippen LogP contribution in [0.5, 0.6) is 0 Å². The van der Waals surface area contributed by atoms with E-state index >= 15 is 0 Å². The Balaban J connectivity index is 2.19. The van der Waals surface area contributed by atoms with Crippen LogP contribution in [0.1, 0.15) is 18.2 Å². The van der Waals surface area contributed by atoms with Gasteiger partial charge >= 0.3 is 0 Å². The highest BCUT2D eigenvalue weighted by Crippen LogP contribution is 2.33. The van der Waals surface area contributed by atoms with E-state index < -0.39 is 5.60 Å². The van der Waals surface area contributed by atoms with Crippen molar-refractivity contribution < 1.29 is 9.53 Å². The molecule has 1 aromatic carbocycles. The monoisotopic (exact) mass is 347 g/mol. The van der Waals surface area contributed by atoms with Gasteiger partial charge in [0.2, 0.25) is 0 Å². The van der Waals surface area contributed by atoms with Crippen LogP contribution in [0.25, 0.3) is 0 Å². The van der Waals surface area contributed by atoms with E-state index in [2.05, 4.69) is 16.4 Å². The second-order valence-electron chi connectivity index (χ2n) is 4.90. The van der Waals surface area contributed by atoms with E-state index in [1.54, 1.807) is 6.92 Å². The van der Waals surface area contributed by atoms with Crippen LogP contribution < -0.4 is 5.32 Å². The van der Waals surface area contributed by atoms with Gasteiger partial charge in [0.25, 0.3) is 5.91 Å². The quantitative estimate of drug-likeness (QED) is 0.809. The standard InChI is InChI=1S/C16H17N3O2S2/c1-11-13(22-10-9-17)23-15(18-11)19-14(20)16(2,21-3)12-7-5-4-6-8-12/h4-8H,10H2,1-3H3,(H,18,19,20)/t16-/m1/s1. The molecule has 0 saturated carbocycles. The average molecular weight is 347 g/mol. The van der Waals surface area contributed by atoms with E-state index in [4.69, 9.17) is 10.00 Å². The molecule has 0 aliphatic carbocycles. The number of carbonyl (C=O) groups is 1. The largest absolute Gasteiger partial charge is 0.364 e. The topological polar surface area (TPSA) is 75.0 Å². The summed E-state index contributed by atoms with van der Waals surface area (Å²) in [7, 11) is 1.51. The third-order valence-corrected chi connectivity index (χ3v) is 5.71. The van der Waals surface area contributed by atoms with Gasteiger partial charge in [-0.3, -0.25) is 10.1 Å². The maximum absolute atomic E-state index is 12.7. The van der Waals surface area contributed by atoms with Crippen molar-refractivity contribution in [3.8, 4) is 6.07 Å². The van der Waals surface area contributed by atoms with Crippen LogP contribution in [0.3, 0.4) is 0 Å². The van der Waals surface area contributed by atoms with Gasteiger partial charge in [-0.1, -0.05) is 53.4 Å². The summed E-state index contributed by atoms with van der Waals surface area (Å²) in [6.45, 7) is 3.59. The molecular weight excluding hydrogens is 330 g/mol. The number of ether oxygens (including phenoxy) is 1. The third kappa shape index (κ3) is 3.91. The predicted molar refractivity (Wildman–Crippen MR) is 92.6 cm³/mol. The number of benzene rings is 1. The first kappa shape index (κ1) is 17.5. The number of nitrogens with one attached hydrogen (secondary N) is 1. The van der Waals surface area contributed by atoms with Gasteiger partial charge < -0.3 is 4.74 Å². The van der Waals surface area contributed by atoms with Crippen LogP contribution in [-0.4, -0.2) is 23.8 Å². The molecule has 5 nitrogen and oxygen atoms in total. The number of anilines is 1. The number of aromatic nitrogens is 1. The van der Waals surface area contributed by atoms with E-state index in [1.165, 1.54) is 30.2 Å². The van der Waals surface area contributed by atoms with E-state index in [0.717, 1.165) is 15.5 Å². The molecule has 2 rings (SSSR count). The molecule has 2 aromatic rings. The molecule has 1 aromatic heterocycles. The lowest BCUT2D eigenvalue weighted by Gasteiger charge is -2.26. The van der Waals surface area contributed by atoms with E-state index in [9.17, 15) is 4.79 Å². The van der Waals surface area contributed by atoms with Crippen LogP contribution in [0, 0.1) is 18.3 Å². The normalized spacial score (nSPS) is 13.1. The highest BCUT2D eigenvalue weighted by molar-refractivity contribution is 8.01. The Kier molecular flexibility index (Phi) is 5.77. The van der Waals surface area contributed by atoms with Gasteiger partial charge in [0.15, 0.2) is 10.7 Å². The molecule has 0 aliphatic rings. The highest BCUT2D eigenvalue weighted by Gasteiger charge is 2.35. The number of hydrogen-bond acceptors (Lipinski definition) is 6. The van der Waals surface area contributed by atoms with Gasteiger partial charge in [0.05, 0.1) is 21.7 Å². The minimum Gasteiger partial charge on any atom is -0.364 e. The number of nitrogens with zero attached hydrogens (tertiary/aromatic N) is 2. The van der Waals surface area contributed by atoms with Crippen molar-refractivity contribution in [3.63, 3.8) is 0 Å². The lowest BCUT2D eigenvalue weighted by molar-refractivity contribution is -0.136. The number of amides is 1. The Bertz CT molecular complexity index is 725. The smallest absolute Gasteiger partial charge is 0.262 e. The van der Waals surface area contributed by atoms with Gasteiger partial charge in [0.1, 0.15) is 0 Å². The van der Waals surface area contributed by atoms with Crippen LogP contribution in [0.2, 0.25) is 0 Å². The zero-order valence-corrected chi connectivity index (χ0v) is 14.8. The fourth-order valence-electron chi connectivity index (χ4n) is 1.98. The first-order chi connectivity index (χ1) is 11.0. The van der Waals surface area contributed by atoms with Gasteiger partial charge in [-0.05, 0) is 19.4 Å². The highest BCUT2D eigenvalue weighted by atomic mass is 32.2. The number of carbonyl (C=O) groups excluding carboxylic acids is 1.